The van der Waals surface area contributed by atoms with Gasteiger partial charge in [0.2, 0.25) is 0 Å². The minimum atomic E-state index is -0.131. The second-order valence-electron chi connectivity index (χ2n) is 7.94. The normalized spacial score (nSPS) is 27.1. The van der Waals surface area contributed by atoms with Crippen molar-refractivity contribution in [2.24, 2.45) is 5.92 Å². The first-order valence-electron chi connectivity index (χ1n) is 9.95. The smallest absolute Gasteiger partial charge is 0.270 e. The summed E-state index contributed by atoms with van der Waals surface area (Å²) in [6, 6.07) is 1.99. The van der Waals surface area contributed by atoms with E-state index in [1.807, 2.05) is 22.0 Å². The maximum Gasteiger partial charge on any atom is 0.270 e. The maximum absolute atomic E-state index is 12.9. The van der Waals surface area contributed by atoms with Crippen molar-refractivity contribution in [2.75, 3.05) is 44.2 Å². The molecule has 1 N–H and O–H groups in total. The molecule has 28 heavy (non-hydrogen) atoms. The Morgan fingerprint density at radius 1 is 1.18 bits per heavy atom. The first-order valence-corrected chi connectivity index (χ1v) is 12.0. The molecule has 3 saturated heterocycles. The summed E-state index contributed by atoms with van der Waals surface area (Å²) in [7, 11) is 0. The van der Waals surface area contributed by atoms with Crippen LogP contribution in [0.4, 0.5) is 0 Å². The number of hydrogen-bond acceptors (Lipinski definition) is 6. The zero-order valence-corrected chi connectivity index (χ0v) is 17.4. The van der Waals surface area contributed by atoms with Gasteiger partial charge in [0.15, 0.2) is 0 Å². The molecule has 0 spiro atoms. The quantitative estimate of drug-likeness (QED) is 0.832. The van der Waals surface area contributed by atoms with E-state index >= 15 is 0 Å². The minimum Gasteiger partial charge on any atom is -0.347 e. The summed E-state index contributed by atoms with van der Waals surface area (Å²) in [5.74, 6) is 2.62. The number of carbonyl (C=O) groups is 2. The molecule has 3 fully saturated rings. The Morgan fingerprint density at radius 2 is 2.04 bits per heavy atom. The Bertz CT molecular complexity index is 897. The number of aromatic nitrogens is 1. The maximum atomic E-state index is 12.9. The predicted molar refractivity (Wildman–Crippen MR) is 113 cm³/mol. The molecule has 0 aliphatic carbocycles. The number of hydrogen-bond donors (Lipinski definition) is 1. The molecule has 2 amide bonds. The van der Waals surface area contributed by atoms with Crippen molar-refractivity contribution < 1.29 is 9.59 Å². The lowest BCUT2D eigenvalue weighted by atomic mass is 9.97. The van der Waals surface area contributed by atoms with Gasteiger partial charge in [0, 0.05) is 60.7 Å². The van der Waals surface area contributed by atoms with Crippen LogP contribution >= 0.6 is 23.1 Å². The van der Waals surface area contributed by atoms with Gasteiger partial charge in [-0.25, -0.2) is 4.98 Å². The fourth-order valence-electron chi connectivity index (χ4n) is 4.58. The molecule has 0 saturated carbocycles. The molecule has 3 unspecified atom stereocenters. The fourth-order valence-corrected chi connectivity index (χ4v) is 6.37. The van der Waals surface area contributed by atoms with Gasteiger partial charge in [-0.1, -0.05) is 0 Å². The van der Waals surface area contributed by atoms with Crippen molar-refractivity contribution in [1.82, 2.24) is 20.1 Å². The highest BCUT2D eigenvalue weighted by molar-refractivity contribution is 7.99. The average molecular weight is 417 g/mol. The lowest BCUT2D eigenvalue weighted by Gasteiger charge is -2.30. The van der Waals surface area contributed by atoms with E-state index in [0.29, 0.717) is 17.2 Å². The van der Waals surface area contributed by atoms with Crippen LogP contribution in [0.1, 0.15) is 33.7 Å². The number of fused-ring (bicyclic) bond motifs is 3. The Hall–Kier alpha value is -1.64. The summed E-state index contributed by atoms with van der Waals surface area (Å²) < 4.78 is 0.952. The van der Waals surface area contributed by atoms with Crippen molar-refractivity contribution in [1.29, 1.82) is 0 Å². The van der Waals surface area contributed by atoms with E-state index in [-0.39, 0.29) is 17.9 Å². The third-order valence-electron chi connectivity index (χ3n) is 6.02. The molecule has 0 aromatic carbocycles. The molecule has 2 aromatic rings. The number of amides is 2. The number of thiophene rings is 1. The van der Waals surface area contributed by atoms with Crippen LogP contribution in [-0.4, -0.2) is 76.9 Å². The second kappa shape index (κ2) is 7.65. The van der Waals surface area contributed by atoms with Crippen LogP contribution in [0, 0.1) is 5.92 Å². The number of rotatable bonds is 3. The van der Waals surface area contributed by atoms with E-state index in [4.69, 9.17) is 0 Å². The van der Waals surface area contributed by atoms with Crippen LogP contribution in [0.3, 0.4) is 0 Å². The molecular formula is C20H24N4O2S2. The van der Waals surface area contributed by atoms with Gasteiger partial charge in [0.1, 0.15) is 5.69 Å². The Labute approximate surface area is 172 Å². The third-order valence-corrected chi connectivity index (χ3v) is 7.90. The standard InChI is InChI=1S/C20H24N4O2S2/c25-19(22-14-7-13-1-2-23(10-13)11-14)17-8-15-16(12-28-18(15)9-21-17)20(26)24-3-5-27-6-4-24/h8-9,12-14H,1-7,10-11H2,(H,22,25). The lowest BCUT2D eigenvalue weighted by molar-refractivity contribution is 0.0774. The minimum absolute atomic E-state index is 0.0702. The molecular weight excluding hydrogens is 392 g/mol. The monoisotopic (exact) mass is 416 g/mol. The molecule has 3 aliphatic heterocycles. The molecule has 6 nitrogen and oxygen atoms in total. The van der Waals surface area contributed by atoms with E-state index in [9.17, 15) is 9.59 Å². The molecule has 2 aromatic heterocycles. The van der Waals surface area contributed by atoms with E-state index < -0.39 is 0 Å². The largest absolute Gasteiger partial charge is 0.347 e. The van der Waals surface area contributed by atoms with Gasteiger partial charge in [-0.05, 0) is 31.4 Å². The van der Waals surface area contributed by atoms with Gasteiger partial charge in [-0.2, -0.15) is 11.8 Å². The van der Waals surface area contributed by atoms with E-state index in [2.05, 4.69) is 15.2 Å². The molecule has 5 heterocycles. The Kier molecular flexibility index (Phi) is 5.02. The van der Waals surface area contributed by atoms with Crippen LogP contribution in [0.25, 0.3) is 10.1 Å². The third kappa shape index (κ3) is 3.53. The lowest BCUT2D eigenvalue weighted by Crippen LogP contribution is -2.47. The molecule has 2 bridgehead atoms. The predicted octanol–water partition coefficient (Wildman–Crippen LogP) is 2.31. The summed E-state index contributed by atoms with van der Waals surface area (Å²) in [4.78, 5) is 34.5. The Morgan fingerprint density at radius 3 is 2.86 bits per heavy atom. The SMILES string of the molecule is O=C(NC1CC2CCN(C2)C1)c1cc2c(C(=O)N3CCSCC3)csc2cn1. The number of pyridine rings is 1. The van der Waals surface area contributed by atoms with Gasteiger partial charge in [0.25, 0.3) is 11.8 Å². The van der Waals surface area contributed by atoms with Crippen LogP contribution in [0.15, 0.2) is 17.6 Å². The average Bonchev–Trinajstić information content (AvgIpc) is 3.30. The van der Waals surface area contributed by atoms with Gasteiger partial charge < -0.3 is 15.1 Å². The number of nitrogens with zero attached hydrogens (tertiary/aromatic N) is 3. The highest BCUT2D eigenvalue weighted by atomic mass is 32.2. The van der Waals surface area contributed by atoms with Crippen LogP contribution in [-0.2, 0) is 0 Å². The summed E-state index contributed by atoms with van der Waals surface area (Å²) in [5, 5.41) is 5.92. The highest BCUT2D eigenvalue weighted by Gasteiger charge is 2.33. The van der Waals surface area contributed by atoms with E-state index in [1.165, 1.54) is 24.3 Å². The summed E-state index contributed by atoms with van der Waals surface area (Å²) in [6.07, 6.45) is 4.03. The highest BCUT2D eigenvalue weighted by Crippen LogP contribution is 2.29. The van der Waals surface area contributed by atoms with Crippen LogP contribution < -0.4 is 5.32 Å². The van der Waals surface area contributed by atoms with Crippen molar-refractivity contribution in [2.45, 2.75) is 18.9 Å². The van der Waals surface area contributed by atoms with Gasteiger partial charge in [-0.3, -0.25) is 9.59 Å². The molecule has 3 atom stereocenters. The molecule has 0 radical (unpaired) electrons. The van der Waals surface area contributed by atoms with E-state index in [0.717, 1.165) is 54.2 Å². The number of carbonyl (C=O) groups excluding carboxylic acids is 2. The molecule has 3 aliphatic rings. The van der Waals surface area contributed by atoms with Gasteiger partial charge in [-0.15, -0.1) is 11.3 Å². The first-order chi connectivity index (χ1) is 13.7. The number of nitrogens with one attached hydrogen (secondary N) is 1. The number of piperidine rings is 1. The van der Waals surface area contributed by atoms with Crippen molar-refractivity contribution in [3.63, 3.8) is 0 Å². The second-order valence-corrected chi connectivity index (χ2v) is 10.1. The van der Waals surface area contributed by atoms with Gasteiger partial charge >= 0.3 is 0 Å². The summed E-state index contributed by atoms with van der Waals surface area (Å²) in [6.45, 7) is 4.83. The zero-order chi connectivity index (χ0) is 19.1. The fraction of sp³-hybridized carbons (Fsp3) is 0.550. The molecule has 8 heteroatoms. The molecule has 148 valence electrons. The van der Waals surface area contributed by atoms with Crippen molar-refractivity contribution in [3.05, 3.63) is 28.9 Å². The topological polar surface area (TPSA) is 65.5 Å². The van der Waals surface area contributed by atoms with Crippen LogP contribution in [0.5, 0.6) is 0 Å². The Balaban J connectivity index is 1.35. The zero-order valence-electron chi connectivity index (χ0n) is 15.7. The first kappa shape index (κ1) is 18.4. The summed E-state index contributed by atoms with van der Waals surface area (Å²) in [5.41, 5.74) is 1.10. The van der Waals surface area contributed by atoms with Crippen LogP contribution in [0.2, 0.25) is 0 Å². The van der Waals surface area contributed by atoms with Gasteiger partial charge in [0.05, 0.1) is 10.3 Å². The van der Waals surface area contributed by atoms with Crippen molar-refractivity contribution >= 4 is 45.0 Å². The molecule has 5 rings (SSSR count). The van der Waals surface area contributed by atoms with Crippen molar-refractivity contribution in [3.8, 4) is 0 Å². The number of thioether (sulfide) groups is 1. The van der Waals surface area contributed by atoms with E-state index in [1.54, 1.807) is 12.3 Å². The summed E-state index contributed by atoms with van der Waals surface area (Å²) >= 11 is 3.40.